The lowest BCUT2D eigenvalue weighted by molar-refractivity contribution is -0.123. The van der Waals surface area contributed by atoms with Crippen LogP contribution in [0.15, 0.2) is 59.7 Å². The molecular weight excluding hydrogens is 545 g/mol. The first-order valence-corrected chi connectivity index (χ1v) is 12.4. The van der Waals surface area contributed by atoms with Crippen LogP contribution < -0.4 is 14.9 Å². The Balaban J connectivity index is 1.40. The van der Waals surface area contributed by atoms with Gasteiger partial charge in [-0.25, -0.2) is 5.43 Å². The van der Waals surface area contributed by atoms with Gasteiger partial charge in [-0.3, -0.25) is 9.69 Å². The molecule has 0 aliphatic carbocycles. The Labute approximate surface area is 213 Å². The fourth-order valence-corrected chi connectivity index (χ4v) is 4.51. The molecule has 1 aliphatic heterocycles. The summed E-state index contributed by atoms with van der Waals surface area (Å²) < 4.78 is 18.2. The van der Waals surface area contributed by atoms with Crippen LogP contribution in [0.25, 0.3) is 10.8 Å². The molecule has 8 heteroatoms. The van der Waals surface area contributed by atoms with Gasteiger partial charge in [0, 0.05) is 13.1 Å². The van der Waals surface area contributed by atoms with Gasteiger partial charge in [-0.15, -0.1) is 0 Å². The fraction of sp³-hybridized carbons (Fsp3) is 0.308. The molecule has 1 aliphatic rings. The first kappa shape index (κ1) is 24.4. The predicted molar refractivity (Wildman–Crippen MR) is 142 cm³/mol. The van der Waals surface area contributed by atoms with E-state index in [-0.39, 0.29) is 5.91 Å². The van der Waals surface area contributed by atoms with E-state index in [1.807, 2.05) is 36.1 Å². The first-order chi connectivity index (χ1) is 16.6. The van der Waals surface area contributed by atoms with Crippen molar-refractivity contribution in [1.29, 1.82) is 0 Å². The second-order valence-electron chi connectivity index (χ2n) is 7.91. The lowest BCUT2D eigenvalue weighted by Gasteiger charge is -2.25. The normalized spacial score (nSPS) is 14.4. The summed E-state index contributed by atoms with van der Waals surface area (Å²) in [5.41, 5.74) is 4.50. The van der Waals surface area contributed by atoms with Gasteiger partial charge in [-0.2, -0.15) is 5.10 Å². The predicted octanol–water partition coefficient (Wildman–Crippen LogP) is 4.20. The number of carbonyl (C=O) groups excluding carboxylic acids is 1. The number of amides is 1. The lowest BCUT2D eigenvalue weighted by atomic mass is 10.1. The van der Waals surface area contributed by atoms with Crippen molar-refractivity contribution in [2.75, 3.05) is 39.5 Å². The molecule has 1 N–H and O–H groups in total. The zero-order valence-corrected chi connectivity index (χ0v) is 21.3. The highest BCUT2D eigenvalue weighted by atomic mass is 127. The largest absolute Gasteiger partial charge is 0.490 e. The molecule has 0 spiro atoms. The Morgan fingerprint density at radius 3 is 2.71 bits per heavy atom. The van der Waals surface area contributed by atoms with E-state index in [4.69, 9.17) is 14.2 Å². The maximum atomic E-state index is 12.1. The summed E-state index contributed by atoms with van der Waals surface area (Å²) >= 11 is 2.24. The zero-order valence-electron chi connectivity index (χ0n) is 19.1. The highest BCUT2D eigenvalue weighted by molar-refractivity contribution is 14.1. The smallest absolute Gasteiger partial charge is 0.254 e. The number of benzene rings is 3. The van der Waals surface area contributed by atoms with Crippen molar-refractivity contribution in [2.45, 2.75) is 13.5 Å². The SMILES string of the molecule is CCOc1cc(/C=N/NC(=O)CN2CCOCC2)cc(I)c1OCc1ccc2ccccc2c1. The van der Waals surface area contributed by atoms with Crippen molar-refractivity contribution in [3.8, 4) is 11.5 Å². The second kappa shape index (κ2) is 12.1. The molecule has 0 bridgehead atoms. The molecule has 7 nitrogen and oxygen atoms in total. The number of hydrogen-bond acceptors (Lipinski definition) is 6. The number of nitrogens with zero attached hydrogens (tertiary/aromatic N) is 2. The van der Waals surface area contributed by atoms with Gasteiger partial charge in [0.25, 0.3) is 5.91 Å². The van der Waals surface area contributed by atoms with Crippen LogP contribution in [0.2, 0.25) is 0 Å². The molecule has 178 valence electrons. The van der Waals surface area contributed by atoms with E-state index in [1.165, 1.54) is 10.8 Å². The summed E-state index contributed by atoms with van der Waals surface area (Å²) in [6, 6.07) is 18.4. The van der Waals surface area contributed by atoms with Crippen LogP contribution in [0.4, 0.5) is 0 Å². The van der Waals surface area contributed by atoms with Crippen molar-refractivity contribution in [3.63, 3.8) is 0 Å². The highest BCUT2D eigenvalue weighted by Crippen LogP contribution is 2.34. The van der Waals surface area contributed by atoms with Gasteiger partial charge in [0.2, 0.25) is 0 Å². The Kier molecular flexibility index (Phi) is 8.73. The number of rotatable bonds is 9. The minimum Gasteiger partial charge on any atom is -0.490 e. The Bertz CT molecular complexity index is 1160. The molecule has 1 heterocycles. The average molecular weight is 573 g/mol. The number of carbonyl (C=O) groups is 1. The molecule has 1 saturated heterocycles. The zero-order chi connectivity index (χ0) is 23.8. The summed E-state index contributed by atoms with van der Waals surface area (Å²) in [5, 5.41) is 6.51. The van der Waals surface area contributed by atoms with E-state index in [1.54, 1.807) is 6.21 Å². The van der Waals surface area contributed by atoms with Gasteiger partial charge in [-0.05, 0) is 69.6 Å². The summed E-state index contributed by atoms with van der Waals surface area (Å²) in [5.74, 6) is 1.20. The van der Waals surface area contributed by atoms with Crippen molar-refractivity contribution < 1.29 is 19.0 Å². The highest BCUT2D eigenvalue weighted by Gasteiger charge is 2.14. The molecule has 34 heavy (non-hydrogen) atoms. The summed E-state index contributed by atoms with van der Waals surface area (Å²) in [4.78, 5) is 14.2. The van der Waals surface area contributed by atoms with Gasteiger partial charge < -0.3 is 14.2 Å². The van der Waals surface area contributed by atoms with Crippen LogP contribution in [0.5, 0.6) is 11.5 Å². The van der Waals surface area contributed by atoms with Gasteiger partial charge in [0.15, 0.2) is 11.5 Å². The maximum Gasteiger partial charge on any atom is 0.254 e. The first-order valence-electron chi connectivity index (χ1n) is 11.3. The average Bonchev–Trinajstić information content (AvgIpc) is 2.84. The van der Waals surface area contributed by atoms with Gasteiger partial charge >= 0.3 is 0 Å². The molecule has 1 fully saturated rings. The lowest BCUT2D eigenvalue weighted by Crippen LogP contribution is -2.42. The number of ether oxygens (including phenoxy) is 3. The molecule has 3 aromatic carbocycles. The van der Waals surface area contributed by atoms with Crippen LogP contribution >= 0.6 is 22.6 Å². The standard InChI is InChI=1S/C26H28IN3O4/c1-2-33-24-15-20(16-28-29-25(31)17-30-9-11-32-12-10-30)14-23(27)26(24)34-18-19-7-8-21-5-3-4-6-22(21)13-19/h3-8,13-16H,2,9-12,17-18H2,1H3,(H,29,31)/b28-16+. The van der Waals surface area contributed by atoms with Crippen LogP contribution in [-0.2, 0) is 16.1 Å². The van der Waals surface area contributed by atoms with Crippen molar-refractivity contribution in [2.24, 2.45) is 5.10 Å². The van der Waals surface area contributed by atoms with E-state index >= 15 is 0 Å². The van der Waals surface area contributed by atoms with Crippen LogP contribution in [0, 0.1) is 3.57 Å². The van der Waals surface area contributed by atoms with Gasteiger partial charge in [-0.1, -0.05) is 36.4 Å². The molecule has 0 atom stereocenters. The fourth-order valence-electron chi connectivity index (χ4n) is 3.73. The number of hydrogen-bond donors (Lipinski definition) is 1. The maximum absolute atomic E-state index is 12.1. The molecule has 0 radical (unpaired) electrons. The third-order valence-electron chi connectivity index (χ3n) is 5.40. The van der Waals surface area contributed by atoms with E-state index in [9.17, 15) is 4.79 Å². The summed E-state index contributed by atoms with van der Waals surface area (Å²) in [6.07, 6.45) is 1.62. The van der Waals surface area contributed by atoms with Crippen molar-refractivity contribution in [1.82, 2.24) is 10.3 Å². The van der Waals surface area contributed by atoms with Crippen LogP contribution in [0.3, 0.4) is 0 Å². The Hall–Kier alpha value is -2.69. The molecule has 0 aromatic heterocycles. The Morgan fingerprint density at radius 2 is 1.91 bits per heavy atom. The quantitative estimate of drug-likeness (QED) is 0.236. The van der Waals surface area contributed by atoms with E-state index in [2.05, 4.69) is 63.4 Å². The number of morpholine rings is 1. The topological polar surface area (TPSA) is 72.4 Å². The monoisotopic (exact) mass is 573 g/mol. The third kappa shape index (κ3) is 6.68. The molecule has 3 aromatic rings. The second-order valence-corrected chi connectivity index (χ2v) is 9.08. The van der Waals surface area contributed by atoms with Crippen molar-refractivity contribution in [3.05, 3.63) is 69.3 Å². The number of halogens is 1. The number of fused-ring (bicyclic) bond motifs is 1. The molecule has 0 saturated carbocycles. The molecular formula is C26H28IN3O4. The summed E-state index contributed by atoms with van der Waals surface area (Å²) in [6.45, 7) is 6.03. The number of nitrogens with one attached hydrogen (secondary N) is 1. The molecule has 4 rings (SSSR count). The summed E-state index contributed by atoms with van der Waals surface area (Å²) in [7, 11) is 0. The Morgan fingerprint density at radius 1 is 1.12 bits per heavy atom. The van der Waals surface area contributed by atoms with E-state index < -0.39 is 0 Å². The minimum absolute atomic E-state index is 0.145. The van der Waals surface area contributed by atoms with Crippen LogP contribution in [0.1, 0.15) is 18.1 Å². The number of hydrazone groups is 1. The minimum atomic E-state index is -0.145. The van der Waals surface area contributed by atoms with Gasteiger partial charge in [0.05, 0.1) is 36.2 Å². The van der Waals surface area contributed by atoms with E-state index in [0.29, 0.717) is 44.5 Å². The van der Waals surface area contributed by atoms with Gasteiger partial charge in [0.1, 0.15) is 6.61 Å². The van der Waals surface area contributed by atoms with Crippen LogP contribution in [-0.4, -0.2) is 56.5 Å². The van der Waals surface area contributed by atoms with Crippen molar-refractivity contribution >= 4 is 45.5 Å². The third-order valence-corrected chi connectivity index (χ3v) is 6.20. The molecule has 1 amide bonds. The van der Waals surface area contributed by atoms with E-state index in [0.717, 1.165) is 27.8 Å². The molecule has 0 unspecified atom stereocenters.